The van der Waals surface area contributed by atoms with Gasteiger partial charge in [-0.25, -0.2) is 0 Å². The second kappa shape index (κ2) is 7.33. The molecule has 0 aromatic carbocycles. The van der Waals surface area contributed by atoms with Crippen molar-refractivity contribution in [3.8, 4) is 0 Å². The Morgan fingerprint density at radius 2 is 2.06 bits per heavy atom. The van der Waals surface area contributed by atoms with Gasteiger partial charge in [0, 0.05) is 12.8 Å². The highest BCUT2D eigenvalue weighted by atomic mass is 32.1. The lowest BCUT2D eigenvalue weighted by Gasteiger charge is -1.97. The van der Waals surface area contributed by atoms with E-state index in [4.69, 9.17) is 0 Å². The number of carbonyl (C=O) groups is 1. The summed E-state index contributed by atoms with van der Waals surface area (Å²) in [5.41, 5.74) is 0. The molecule has 16 heavy (non-hydrogen) atoms. The van der Waals surface area contributed by atoms with Crippen LogP contribution in [0.5, 0.6) is 0 Å². The Balaban J connectivity index is 2.36. The van der Waals surface area contributed by atoms with Crippen molar-refractivity contribution in [2.45, 2.75) is 52.4 Å². The van der Waals surface area contributed by atoms with Crippen molar-refractivity contribution in [2.75, 3.05) is 5.32 Å². The molecule has 1 amide bonds. The molecular weight excluding hydrogens is 222 g/mol. The first-order valence-corrected chi connectivity index (χ1v) is 6.70. The van der Waals surface area contributed by atoms with E-state index in [9.17, 15) is 4.79 Å². The minimum Gasteiger partial charge on any atom is -0.301 e. The van der Waals surface area contributed by atoms with Crippen LogP contribution in [0.3, 0.4) is 0 Å². The van der Waals surface area contributed by atoms with Gasteiger partial charge in [-0.05, 0) is 12.8 Å². The molecule has 0 bridgehead atoms. The molecule has 90 valence electrons. The van der Waals surface area contributed by atoms with E-state index >= 15 is 0 Å². The Morgan fingerprint density at radius 1 is 1.25 bits per heavy atom. The Kier molecular flexibility index (Phi) is 6.00. The summed E-state index contributed by atoms with van der Waals surface area (Å²) < 4.78 is 0. The van der Waals surface area contributed by atoms with Crippen molar-refractivity contribution >= 4 is 22.4 Å². The maximum atomic E-state index is 11.3. The molecule has 0 radical (unpaired) electrons. The normalized spacial score (nSPS) is 10.4. The molecule has 0 spiro atoms. The summed E-state index contributed by atoms with van der Waals surface area (Å²) in [6, 6.07) is 0. The minimum atomic E-state index is 0.0266. The van der Waals surface area contributed by atoms with Gasteiger partial charge >= 0.3 is 0 Å². The van der Waals surface area contributed by atoms with E-state index in [1.54, 1.807) is 0 Å². The van der Waals surface area contributed by atoms with Gasteiger partial charge in [0.05, 0.1) is 0 Å². The van der Waals surface area contributed by atoms with Gasteiger partial charge in [-0.3, -0.25) is 4.79 Å². The predicted molar refractivity (Wildman–Crippen MR) is 66.7 cm³/mol. The van der Waals surface area contributed by atoms with Gasteiger partial charge in [-0.1, -0.05) is 38.0 Å². The van der Waals surface area contributed by atoms with Crippen LogP contribution in [0.25, 0.3) is 0 Å². The van der Waals surface area contributed by atoms with Crippen LogP contribution in [0, 0.1) is 0 Å². The topological polar surface area (TPSA) is 54.9 Å². The molecule has 1 N–H and O–H groups in total. The van der Waals surface area contributed by atoms with E-state index in [0.29, 0.717) is 11.6 Å². The van der Waals surface area contributed by atoms with E-state index in [1.807, 2.05) is 6.92 Å². The number of carbonyl (C=O) groups excluding carboxylic acids is 1. The smallest absolute Gasteiger partial charge is 0.226 e. The van der Waals surface area contributed by atoms with Crippen molar-refractivity contribution in [3.05, 3.63) is 5.01 Å². The molecular formula is C11H19N3OS. The number of hydrogen-bond donors (Lipinski definition) is 1. The fraction of sp³-hybridized carbons (Fsp3) is 0.727. The summed E-state index contributed by atoms with van der Waals surface area (Å²) in [4.78, 5) is 11.3. The van der Waals surface area contributed by atoms with Crippen LogP contribution in [0.15, 0.2) is 0 Å². The number of nitrogens with zero attached hydrogens (tertiary/aromatic N) is 2. The van der Waals surface area contributed by atoms with Gasteiger partial charge in [-0.15, -0.1) is 10.2 Å². The highest BCUT2D eigenvalue weighted by molar-refractivity contribution is 7.15. The fourth-order valence-electron chi connectivity index (χ4n) is 1.34. The first-order chi connectivity index (χ1) is 7.76. The lowest BCUT2D eigenvalue weighted by Crippen LogP contribution is -2.10. The van der Waals surface area contributed by atoms with Crippen LogP contribution in [-0.4, -0.2) is 16.1 Å². The van der Waals surface area contributed by atoms with Crippen LogP contribution in [-0.2, 0) is 11.2 Å². The average Bonchev–Trinajstić information content (AvgIpc) is 2.66. The Labute approximate surface area is 100 Å². The van der Waals surface area contributed by atoms with Crippen molar-refractivity contribution in [1.82, 2.24) is 10.2 Å². The molecule has 0 saturated carbocycles. The maximum Gasteiger partial charge on any atom is 0.226 e. The largest absolute Gasteiger partial charge is 0.301 e. The highest BCUT2D eigenvalue weighted by Gasteiger charge is 2.06. The third-order valence-corrected chi connectivity index (χ3v) is 3.08. The van der Waals surface area contributed by atoms with Crippen LogP contribution < -0.4 is 5.32 Å². The minimum absolute atomic E-state index is 0.0266. The molecule has 0 fully saturated rings. The van der Waals surface area contributed by atoms with Crippen LogP contribution in [0.1, 0.15) is 51.0 Å². The summed E-state index contributed by atoms with van der Waals surface area (Å²) in [7, 11) is 0. The SMILES string of the molecule is CCCCCc1nnc(NC(=O)CCC)s1. The van der Waals surface area contributed by atoms with Gasteiger partial charge in [0.15, 0.2) is 0 Å². The molecule has 0 aliphatic heterocycles. The summed E-state index contributed by atoms with van der Waals surface area (Å²) in [5, 5.41) is 12.4. The van der Waals surface area contributed by atoms with Crippen LogP contribution in [0.4, 0.5) is 5.13 Å². The molecule has 1 aromatic rings. The molecule has 0 aliphatic carbocycles. The Bertz CT molecular complexity index is 325. The molecule has 0 aliphatic rings. The van der Waals surface area contributed by atoms with Gasteiger partial charge in [-0.2, -0.15) is 0 Å². The molecule has 5 heteroatoms. The highest BCUT2D eigenvalue weighted by Crippen LogP contribution is 2.17. The first kappa shape index (κ1) is 13.1. The number of amides is 1. The number of anilines is 1. The monoisotopic (exact) mass is 241 g/mol. The van der Waals surface area contributed by atoms with Crippen molar-refractivity contribution in [1.29, 1.82) is 0 Å². The molecule has 4 nitrogen and oxygen atoms in total. The Hall–Kier alpha value is -0.970. The van der Waals surface area contributed by atoms with E-state index in [-0.39, 0.29) is 5.91 Å². The standard InChI is InChI=1S/C11H19N3OS/c1-3-5-6-8-10-13-14-11(16-10)12-9(15)7-4-2/h3-8H2,1-2H3,(H,12,14,15). The van der Waals surface area contributed by atoms with E-state index in [1.165, 1.54) is 24.2 Å². The second-order valence-corrected chi connectivity index (χ2v) is 4.82. The number of aromatic nitrogens is 2. The zero-order valence-electron chi connectivity index (χ0n) is 9.95. The van der Waals surface area contributed by atoms with E-state index < -0.39 is 0 Å². The number of nitrogens with one attached hydrogen (secondary N) is 1. The fourth-order valence-corrected chi connectivity index (χ4v) is 2.14. The van der Waals surface area contributed by atoms with Crippen LogP contribution >= 0.6 is 11.3 Å². The van der Waals surface area contributed by atoms with Crippen molar-refractivity contribution in [3.63, 3.8) is 0 Å². The zero-order valence-corrected chi connectivity index (χ0v) is 10.8. The summed E-state index contributed by atoms with van der Waals surface area (Å²) in [6.07, 6.45) is 5.94. The molecule has 1 rings (SSSR count). The first-order valence-electron chi connectivity index (χ1n) is 5.88. The molecule has 0 unspecified atom stereocenters. The van der Waals surface area contributed by atoms with Gasteiger partial charge in [0.2, 0.25) is 11.0 Å². The summed E-state index contributed by atoms with van der Waals surface area (Å²) in [6.45, 7) is 4.16. The maximum absolute atomic E-state index is 11.3. The summed E-state index contributed by atoms with van der Waals surface area (Å²) >= 11 is 1.48. The zero-order chi connectivity index (χ0) is 11.8. The summed E-state index contributed by atoms with van der Waals surface area (Å²) in [5.74, 6) is 0.0266. The number of rotatable bonds is 7. The van der Waals surface area contributed by atoms with Crippen molar-refractivity contribution < 1.29 is 4.79 Å². The lowest BCUT2D eigenvalue weighted by molar-refractivity contribution is -0.116. The number of hydrogen-bond acceptors (Lipinski definition) is 4. The number of unbranched alkanes of at least 4 members (excludes halogenated alkanes) is 2. The molecule has 0 saturated heterocycles. The molecule has 1 aromatic heterocycles. The second-order valence-electron chi connectivity index (χ2n) is 3.76. The van der Waals surface area contributed by atoms with Crippen molar-refractivity contribution in [2.24, 2.45) is 0 Å². The Morgan fingerprint density at radius 3 is 2.75 bits per heavy atom. The third kappa shape index (κ3) is 4.70. The van der Waals surface area contributed by atoms with E-state index in [2.05, 4.69) is 22.4 Å². The van der Waals surface area contributed by atoms with Gasteiger partial charge in [0.25, 0.3) is 0 Å². The lowest BCUT2D eigenvalue weighted by atomic mass is 10.2. The van der Waals surface area contributed by atoms with Gasteiger partial charge in [0.1, 0.15) is 5.01 Å². The quantitative estimate of drug-likeness (QED) is 0.747. The third-order valence-electron chi connectivity index (χ3n) is 2.18. The molecule has 1 heterocycles. The van der Waals surface area contributed by atoms with Crippen LogP contribution in [0.2, 0.25) is 0 Å². The average molecular weight is 241 g/mol. The molecule has 0 atom stereocenters. The van der Waals surface area contributed by atoms with E-state index in [0.717, 1.165) is 24.3 Å². The predicted octanol–water partition coefficient (Wildman–Crippen LogP) is 3.01. The van der Waals surface area contributed by atoms with Gasteiger partial charge < -0.3 is 5.32 Å². The number of aryl methyl sites for hydroxylation is 1.